The Hall–Kier alpha value is -1.91. The van der Waals surface area contributed by atoms with E-state index in [1.165, 1.54) is 5.56 Å². The highest BCUT2D eigenvalue weighted by molar-refractivity contribution is 5.14. The number of aromatic nitrogens is 2. The number of benzene rings is 1. The van der Waals surface area contributed by atoms with Gasteiger partial charge in [0, 0.05) is 38.5 Å². The third-order valence-corrected chi connectivity index (χ3v) is 3.24. The summed E-state index contributed by atoms with van der Waals surface area (Å²) in [7, 11) is 1.72. The van der Waals surface area contributed by atoms with E-state index in [0.717, 1.165) is 31.0 Å². The van der Waals surface area contributed by atoms with Gasteiger partial charge in [-0.1, -0.05) is 42.5 Å². The van der Waals surface area contributed by atoms with Crippen molar-refractivity contribution in [2.24, 2.45) is 0 Å². The van der Waals surface area contributed by atoms with Gasteiger partial charge in [-0.15, -0.1) is 0 Å². The van der Waals surface area contributed by atoms with E-state index in [0.29, 0.717) is 0 Å². The highest BCUT2D eigenvalue weighted by Crippen LogP contribution is 2.03. The quantitative estimate of drug-likeness (QED) is 0.579. The summed E-state index contributed by atoms with van der Waals surface area (Å²) >= 11 is 0. The fourth-order valence-corrected chi connectivity index (χ4v) is 2.11. The predicted molar refractivity (Wildman–Crippen MR) is 85.1 cm³/mol. The molecule has 4 nitrogen and oxygen atoms in total. The van der Waals surface area contributed by atoms with Crippen molar-refractivity contribution in [3.05, 3.63) is 65.8 Å². The number of imidazole rings is 1. The first kappa shape index (κ1) is 15.5. The van der Waals surface area contributed by atoms with Crippen LogP contribution in [0, 0.1) is 6.92 Å². The zero-order valence-corrected chi connectivity index (χ0v) is 12.7. The molecule has 21 heavy (non-hydrogen) atoms. The molecule has 4 heteroatoms. The maximum atomic E-state index is 5.45. The Bertz CT molecular complexity index is 548. The molecule has 1 unspecified atom stereocenters. The molecule has 0 aliphatic carbocycles. The van der Waals surface area contributed by atoms with E-state index in [-0.39, 0.29) is 6.10 Å². The summed E-state index contributed by atoms with van der Waals surface area (Å²) in [6, 6.07) is 10.4. The Kier molecular flexibility index (Phi) is 6.19. The zero-order chi connectivity index (χ0) is 14.9. The number of ether oxygens (including phenoxy) is 1. The van der Waals surface area contributed by atoms with Crippen LogP contribution in [0.4, 0.5) is 0 Å². The molecule has 1 heterocycles. The topological polar surface area (TPSA) is 49.9 Å². The molecule has 0 aliphatic rings. The van der Waals surface area contributed by atoms with Crippen molar-refractivity contribution < 1.29 is 4.74 Å². The minimum Gasteiger partial charge on any atom is -0.377 e. The number of aryl methyl sites for hydroxylation is 1. The van der Waals surface area contributed by atoms with Crippen LogP contribution in [0.5, 0.6) is 0 Å². The van der Waals surface area contributed by atoms with E-state index >= 15 is 0 Å². The maximum absolute atomic E-state index is 5.45. The average Bonchev–Trinajstić information content (AvgIpc) is 2.92. The van der Waals surface area contributed by atoms with Crippen LogP contribution in [0.25, 0.3) is 0 Å². The summed E-state index contributed by atoms with van der Waals surface area (Å²) in [5.41, 5.74) is 2.37. The molecule has 0 saturated carbocycles. The Morgan fingerprint density at radius 2 is 2.14 bits per heavy atom. The van der Waals surface area contributed by atoms with E-state index in [2.05, 4.69) is 51.7 Å². The zero-order valence-electron chi connectivity index (χ0n) is 12.7. The Labute approximate surface area is 126 Å². The molecule has 0 radical (unpaired) electrons. The first-order valence-electron chi connectivity index (χ1n) is 7.22. The lowest BCUT2D eigenvalue weighted by Gasteiger charge is -2.09. The third-order valence-electron chi connectivity index (χ3n) is 3.24. The minimum atomic E-state index is 0.0501. The van der Waals surface area contributed by atoms with Gasteiger partial charge in [-0.2, -0.15) is 0 Å². The van der Waals surface area contributed by atoms with Crippen LogP contribution < -0.4 is 5.32 Å². The van der Waals surface area contributed by atoms with Crippen LogP contribution in [0.2, 0.25) is 0 Å². The number of aromatic amines is 1. The van der Waals surface area contributed by atoms with Crippen LogP contribution in [0.15, 0.2) is 48.7 Å². The van der Waals surface area contributed by atoms with E-state index in [9.17, 15) is 0 Å². The maximum Gasteiger partial charge on any atom is 0.109 e. The number of H-pyrrole nitrogens is 1. The van der Waals surface area contributed by atoms with Crippen molar-refractivity contribution in [1.29, 1.82) is 0 Å². The molecule has 1 atom stereocenters. The predicted octanol–water partition coefficient (Wildman–Crippen LogP) is 2.62. The van der Waals surface area contributed by atoms with Crippen molar-refractivity contribution in [1.82, 2.24) is 15.3 Å². The molecule has 0 aliphatic heterocycles. The highest BCUT2D eigenvalue weighted by atomic mass is 16.5. The minimum absolute atomic E-state index is 0.0501. The number of hydrogen-bond acceptors (Lipinski definition) is 3. The van der Waals surface area contributed by atoms with Crippen molar-refractivity contribution >= 4 is 0 Å². The van der Waals surface area contributed by atoms with Crippen molar-refractivity contribution in [3.63, 3.8) is 0 Å². The average molecular weight is 285 g/mol. The van der Waals surface area contributed by atoms with Gasteiger partial charge in [-0.3, -0.25) is 0 Å². The van der Waals surface area contributed by atoms with Crippen LogP contribution in [-0.4, -0.2) is 29.7 Å². The summed E-state index contributed by atoms with van der Waals surface area (Å²) in [6.07, 6.45) is 6.84. The standard InChI is InChI=1S/C17H23N3O/c1-14-12-19-17(20-14)11-16(21-2)9-6-10-18-13-15-7-4-3-5-8-15/h3-9,12,16,18H,10-11,13H2,1-2H3,(H,19,20). The summed E-state index contributed by atoms with van der Waals surface area (Å²) in [5.74, 6) is 0.959. The van der Waals surface area contributed by atoms with Gasteiger partial charge >= 0.3 is 0 Å². The largest absolute Gasteiger partial charge is 0.377 e. The lowest BCUT2D eigenvalue weighted by Crippen LogP contribution is -2.15. The van der Waals surface area contributed by atoms with Gasteiger partial charge in [-0.05, 0) is 12.5 Å². The summed E-state index contributed by atoms with van der Waals surface area (Å²) < 4.78 is 5.45. The lowest BCUT2D eigenvalue weighted by molar-refractivity contribution is 0.139. The van der Waals surface area contributed by atoms with E-state index in [4.69, 9.17) is 4.74 Å². The Morgan fingerprint density at radius 1 is 1.33 bits per heavy atom. The summed E-state index contributed by atoms with van der Waals surface area (Å²) in [6.45, 7) is 3.70. The second-order valence-corrected chi connectivity index (χ2v) is 5.04. The Balaban J connectivity index is 1.71. The van der Waals surface area contributed by atoms with Crippen molar-refractivity contribution in [2.45, 2.75) is 26.0 Å². The first-order valence-corrected chi connectivity index (χ1v) is 7.22. The molecule has 0 spiro atoms. The third kappa shape index (κ3) is 5.53. The molecule has 0 amide bonds. The highest BCUT2D eigenvalue weighted by Gasteiger charge is 2.06. The monoisotopic (exact) mass is 285 g/mol. The summed E-state index contributed by atoms with van der Waals surface area (Å²) in [4.78, 5) is 7.53. The van der Waals surface area contributed by atoms with Gasteiger partial charge < -0.3 is 15.0 Å². The molecule has 2 rings (SSSR count). The smallest absolute Gasteiger partial charge is 0.109 e. The second-order valence-electron chi connectivity index (χ2n) is 5.04. The molecular formula is C17H23N3O. The molecule has 0 saturated heterocycles. The summed E-state index contributed by atoms with van der Waals surface area (Å²) in [5, 5.41) is 3.38. The van der Waals surface area contributed by atoms with Gasteiger partial charge in [0.15, 0.2) is 0 Å². The van der Waals surface area contributed by atoms with Gasteiger partial charge in [0.1, 0.15) is 5.82 Å². The Morgan fingerprint density at radius 3 is 2.81 bits per heavy atom. The molecular weight excluding hydrogens is 262 g/mol. The number of rotatable bonds is 8. The van der Waals surface area contributed by atoms with E-state index < -0.39 is 0 Å². The van der Waals surface area contributed by atoms with Crippen LogP contribution in [-0.2, 0) is 17.7 Å². The van der Waals surface area contributed by atoms with Gasteiger partial charge in [0.05, 0.1) is 6.10 Å². The SMILES string of the molecule is COC(C=CCNCc1ccccc1)Cc1ncc(C)[nH]1. The van der Waals surface area contributed by atoms with Gasteiger partial charge in [-0.25, -0.2) is 4.98 Å². The van der Waals surface area contributed by atoms with Crippen LogP contribution >= 0.6 is 0 Å². The van der Waals surface area contributed by atoms with E-state index in [1.54, 1.807) is 7.11 Å². The molecule has 1 aromatic carbocycles. The molecule has 1 aromatic heterocycles. The number of nitrogens with zero attached hydrogens (tertiary/aromatic N) is 1. The van der Waals surface area contributed by atoms with Crippen LogP contribution in [0.3, 0.4) is 0 Å². The number of methoxy groups -OCH3 is 1. The number of hydrogen-bond donors (Lipinski definition) is 2. The number of nitrogens with one attached hydrogen (secondary N) is 2. The fourth-order valence-electron chi connectivity index (χ4n) is 2.11. The first-order chi connectivity index (χ1) is 10.3. The molecule has 0 fully saturated rings. The van der Waals surface area contributed by atoms with Crippen molar-refractivity contribution in [2.75, 3.05) is 13.7 Å². The molecule has 112 valence electrons. The fraction of sp³-hybridized carbons (Fsp3) is 0.353. The molecule has 2 aromatic rings. The molecule has 2 N–H and O–H groups in total. The van der Waals surface area contributed by atoms with Crippen LogP contribution in [0.1, 0.15) is 17.1 Å². The molecule has 0 bridgehead atoms. The van der Waals surface area contributed by atoms with E-state index in [1.807, 2.05) is 19.2 Å². The van der Waals surface area contributed by atoms with Crippen molar-refractivity contribution in [3.8, 4) is 0 Å². The van der Waals surface area contributed by atoms with Gasteiger partial charge in [0.25, 0.3) is 0 Å². The second kappa shape index (κ2) is 8.39. The van der Waals surface area contributed by atoms with Gasteiger partial charge in [0.2, 0.25) is 0 Å². The lowest BCUT2D eigenvalue weighted by atomic mass is 10.2. The normalized spacial score (nSPS) is 12.9.